The number of carbonyl (C=O) groups is 2. The minimum absolute atomic E-state index is 0.0943. The maximum atomic E-state index is 12.5. The third kappa shape index (κ3) is 2.97. The van der Waals surface area contributed by atoms with Gasteiger partial charge in [-0.05, 0) is 54.7 Å². The van der Waals surface area contributed by atoms with E-state index in [0.717, 1.165) is 37.1 Å². The molecule has 0 spiro atoms. The number of nitrogens with zero attached hydrogens (tertiary/aromatic N) is 2. The molecule has 1 aromatic rings. The number of carbonyl (C=O) groups excluding carboxylic acids is 2. The standard InChI is InChI=1S/C22H29N3O2/c1-21(2)17-10-11-22(21,3)18(13-17)23-24-20(27)16-8-6-15(7-9-16)14-25-12-4-5-19(25)26/h6-9,17H,4-5,10-14H2,1-3H3,(H,24,27)/b23-18+/t17-,22+/m0/s1. The normalized spacial score (nSPS) is 30.3. The van der Waals surface area contributed by atoms with Gasteiger partial charge in [0.25, 0.3) is 5.91 Å². The van der Waals surface area contributed by atoms with Crippen LogP contribution in [0.3, 0.4) is 0 Å². The van der Waals surface area contributed by atoms with Gasteiger partial charge < -0.3 is 4.90 Å². The summed E-state index contributed by atoms with van der Waals surface area (Å²) in [5.74, 6) is 0.719. The van der Waals surface area contributed by atoms with Crippen molar-refractivity contribution in [1.29, 1.82) is 0 Å². The van der Waals surface area contributed by atoms with E-state index in [4.69, 9.17) is 0 Å². The van der Waals surface area contributed by atoms with Crippen LogP contribution in [-0.4, -0.2) is 29.0 Å². The monoisotopic (exact) mass is 367 g/mol. The van der Waals surface area contributed by atoms with Crippen molar-refractivity contribution < 1.29 is 9.59 Å². The third-order valence-electron chi connectivity index (χ3n) is 7.57. The second-order valence-corrected chi connectivity index (χ2v) is 9.11. The molecule has 27 heavy (non-hydrogen) atoms. The Hall–Kier alpha value is -2.17. The highest BCUT2D eigenvalue weighted by Crippen LogP contribution is 2.63. The van der Waals surface area contributed by atoms with Crippen molar-refractivity contribution in [3.05, 3.63) is 35.4 Å². The highest BCUT2D eigenvalue weighted by atomic mass is 16.2. The first-order valence-corrected chi connectivity index (χ1v) is 10.1. The van der Waals surface area contributed by atoms with Crippen molar-refractivity contribution in [2.75, 3.05) is 6.54 Å². The summed E-state index contributed by atoms with van der Waals surface area (Å²) >= 11 is 0. The molecule has 2 saturated carbocycles. The molecule has 144 valence electrons. The van der Waals surface area contributed by atoms with E-state index < -0.39 is 0 Å². The van der Waals surface area contributed by atoms with Gasteiger partial charge >= 0.3 is 0 Å². The molecule has 5 heteroatoms. The molecule has 3 aliphatic rings. The molecule has 5 nitrogen and oxygen atoms in total. The highest BCUT2D eigenvalue weighted by Gasteiger charge is 2.60. The van der Waals surface area contributed by atoms with Crippen LogP contribution in [0.5, 0.6) is 0 Å². The summed E-state index contributed by atoms with van der Waals surface area (Å²) in [6.45, 7) is 8.41. The van der Waals surface area contributed by atoms with Crippen LogP contribution >= 0.6 is 0 Å². The van der Waals surface area contributed by atoms with Crippen LogP contribution in [0.1, 0.15) is 68.8 Å². The summed E-state index contributed by atoms with van der Waals surface area (Å²) in [4.78, 5) is 26.1. The molecular weight excluding hydrogens is 338 g/mol. The maximum Gasteiger partial charge on any atom is 0.271 e. The van der Waals surface area contributed by atoms with Gasteiger partial charge in [0.2, 0.25) is 5.91 Å². The molecule has 1 heterocycles. The molecule has 0 unspecified atom stereocenters. The molecule has 4 rings (SSSR count). The van der Waals surface area contributed by atoms with Crippen LogP contribution in [0.25, 0.3) is 0 Å². The van der Waals surface area contributed by atoms with Gasteiger partial charge in [0.05, 0.1) is 0 Å². The Morgan fingerprint density at radius 1 is 1.26 bits per heavy atom. The molecule has 1 N–H and O–H groups in total. The van der Waals surface area contributed by atoms with E-state index in [1.165, 1.54) is 6.42 Å². The molecule has 1 saturated heterocycles. The second-order valence-electron chi connectivity index (χ2n) is 9.11. The van der Waals surface area contributed by atoms with Crippen molar-refractivity contribution in [1.82, 2.24) is 10.3 Å². The van der Waals surface area contributed by atoms with Crippen molar-refractivity contribution in [2.45, 2.75) is 59.4 Å². The molecule has 0 aromatic heterocycles. The predicted octanol–water partition coefficient (Wildman–Crippen LogP) is 3.74. The van der Waals surface area contributed by atoms with Gasteiger partial charge in [-0.1, -0.05) is 32.9 Å². The number of hydrogen-bond acceptors (Lipinski definition) is 3. The number of amides is 2. The zero-order chi connectivity index (χ0) is 19.2. The zero-order valence-electron chi connectivity index (χ0n) is 16.5. The first kappa shape index (κ1) is 18.2. The molecule has 2 aliphatic carbocycles. The highest BCUT2D eigenvalue weighted by molar-refractivity contribution is 5.98. The number of rotatable bonds is 4. The lowest BCUT2D eigenvalue weighted by Gasteiger charge is -2.34. The summed E-state index contributed by atoms with van der Waals surface area (Å²) < 4.78 is 0. The lowest BCUT2D eigenvalue weighted by atomic mass is 9.70. The number of hydrazone groups is 1. The fourth-order valence-corrected chi connectivity index (χ4v) is 5.13. The smallest absolute Gasteiger partial charge is 0.271 e. The molecule has 1 aromatic carbocycles. The number of fused-ring (bicyclic) bond motifs is 2. The van der Waals surface area contributed by atoms with Crippen LogP contribution in [-0.2, 0) is 11.3 Å². The molecule has 0 radical (unpaired) electrons. The first-order chi connectivity index (χ1) is 12.8. The summed E-state index contributed by atoms with van der Waals surface area (Å²) in [6.07, 6.45) is 5.00. The Kier molecular flexibility index (Phi) is 4.36. The fraction of sp³-hybridized carbons (Fsp3) is 0.591. The van der Waals surface area contributed by atoms with E-state index in [1.807, 2.05) is 29.2 Å². The Morgan fingerprint density at radius 2 is 2.00 bits per heavy atom. The van der Waals surface area contributed by atoms with Crippen molar-refractivity contribution in [2.24, 2.45) is 21.8 Å². The van der Waals surface area contributed by atoms with Crippen LogP contribution in [0.15, 0.2) is 29.4 Å². The predicted molar refractivity (Wildman–Crippen MR) is 105 cm³/mol. The lowest BCUT2D eigenvalue weighted by molar-refractivity contribution is -0.128. The van der Waals surface area contributed by atoms with E-state index in [0.29, 0.717) is 24.4 Å². The summed E-state index contributed by atoms with van der Waals surface area (Å²) in [5, 5.41) is 4.53. The van der Waals surface area contributed by atoms with E-state index >= 15 is 0 Å². The van der Waals surface area contributed by atoms with Crippen molar-refractivity contribution >= 4 is 17.5 Å². The van der Waals surface area contributed by atoms with Gasteiger partial charge in [0.15, 0.2) is 0 Å². The van der Waals surface area contributed by atoms with E-state index in [2.05, 4.69) is 31.3 Å². The fourth-order valence-electron chi connectivity index (χ4n) is 5.13. The number of benzene rings is 1. The topological polar surface area (TPSA) is 61.8 Å². The van der Waals surface area contributed by atoms with Gasteiger partial charge in [-0.25, -0.2) is 5.43 Å². The third-order valence-corrected chi connectivity index (χ3v) is 7.57. The maximum absolute atomic E-state index is 12.5. The SMILES string of the molecule is CC1(C)[C@H]2CC[C@]1(C)/C(=N/NC(=O)c1ccc(CN3CCCC3=O)cc1)C2. The quantitative estimate of drug-likeness (QED) is 0.824. The van der Waals surface area contributed by atoms with Gasteiger partial charge in [-0.3, -0.25) is 9.59 Å². The first-order valence-electron chi connectivity index (χ1n) is 10.1. The van der Waals surface area contributed by atoms with Crippen LogP contribution in [0.4, 0.5) is 0 Å². The molecule has 2 bridgehead atoms. The number of hydrogen-bond donors (Lipinski definition) is 1. The van der Waals surface area contributed by atoms with Gasteiger partial charge in [0, 0.05) is 36.2 Å². The van der Waals surface area contributed by atoms with Crippen LogP contribution in [0.2, 0.25) is 0 Å². The molecule has 3 fully saturated rings. The molecular formula is C22H29N3O2. The Labute approximate surface area is 161 Å². The molecule has 2 amide bonds. The second kappa shape index (κ2) is 6.47. The largest absolute Gasteiger partial charge is 0.338 e. The average Bonchev–Trinajstić information content (AvgIpc) is 3.20. The Morgan fingerprint density at radius 3 is 2.56 bits per heavy atom. The van der Waals surface area contributed by atoms with E-state index in [1.54, 1.807) is 0 Å². The van der Waals surface area contributed by atoms with Gasteiger partial charge in [-0.15, -0.1) is 0 Å². The average molecular weight is 367 g/mol. The summed E-state index contributed by atoms with van der Waals surface area (Å²) in [6, 6.07) is 7.49. The molecule has 1 aliphatic heterocycles. The van der Waals surface area contributed by atoms with Crippen molar-refractivity contribution in [3.63, 3.8) is 0 Å². The van der Waals surface area contributed by atoms with Crippen molar-refractivity contribution in [3.8, 4) is 0 Å². The minimum Gasteiger partial charge on any atom is -0.338 e. The minimum atomic E-state index is -0.171. The number of likely N-dealkylation sites (tertiary alicyclic amines) is 1. The van der Waals surface area contributed by atoms with E-state index in [9.17, 15) is 9.59 Å². The number of nitrogens with one attached hydrogen (secondary N) is 1. The lowest BCUT2D eigenvalue weighted by Crippen LogP contribution is -2.34. The van der Waals surface area contributed by atoms with Gasteiger partial charge in [0.1, 0.15) is 0 Å². The molecule has 2 atom stereocenters. The van der Waals surface area contributed by atoms with Crippen LogP contribution in [0, 0.1) is 16.7 Å². The van der Waals surface area contributed by atoms with Gasteiger partial charge in [-0.2, -0.15) is 5.10 Å². The summed E-state index contributed by atoms with van der Waals surface area (Å²) in [5.41, 5.74) is 5.91. The Balaban J connectivity index is 1.40. The zero-order valence-corrected chi connectivity index (χ0v) is 16.5. The van der Waals surface area contributed by atoms with Crippen LogP contribution < -0.4 is 5.43 Å². The Bertz CT molecular complexity index is 796. The van der Waals surface area contributed by atoms with E-state index in [-0.39, 0.29) is 22.6 Å². The summed E-state index contributed by atoms with van der Waals surface area (Å²) in [7, 11) is 0.